The van der Waals surface area contributed by atoms with Crippen LogP contribution in [0.2, 0.25) is 0 Å². The van der Waals surface area contributed by atoms with Gasteiger partial charge in [-0.25, -0.2) is 0 Å². The summed E-state index contributed by atoms with van der Waals surface area (Å²) >= 11 is 0. The van der Waals surface area contributed by atoms with Gasteiger partial charge in [-0.05, 0) is 36.2 Å². The molecule has 2 aromatic rings. The van der Waals surface area contributed by atoms with E-state index >= 15 is 0 Å². The molecule has 1 aliphatic rings. The molecule has 0 spiro atoms. The molecule has 0 aromatic heterocycles. The molecule has 1 heterocycles. The normalized spacial score (nSPS) is 14.0. The summed E-state index contributed by atoms with van der Waals surface area (Å²) in [6.07, 6.45) is -3.14. The molecule has 3 rings (SSSR count). The number of halogens is 3. The Labute approximate surface area is 171 Å². The highest BCUT2D eigenvalue weighted by molar-refractivity contribution is 6.09. The summed E-state index contributed by atoms with van der Waals surface area (Å²) in [7, 11) is 0. The number of alkyl halides is 3. The van der Waals surface area contributed by atoms with Gasteiger partial charge in [-0.3, -0.25) is 14.4 Å². The summed E-state index contributed by atoms with van der Waals surface area (Å²) in [6.45, 7) is -0.272. The van der Waals surface area contributed by atoms with E-state index in [2.05, 4.69) is 5.32 Å². The Morgan fingerprint density at radius 1 is 1.00 bits per heavy atom. The smallest absolute Gasteiger partial charge is 0.343 e. The van der Waals surface area contributed by atoms with Crippen LogP contribution < -0.4 is 10.6 Å². The monoisotopic (exact) mass is 419 g/mol. The molecule has 3 amide bonds. The summed E-state index contributed by atoms with van der Waals surface area (Å²) in [6, 6.07) is 12.5. The highest BCUT2D eigenvalue weighted by Gasteiger charge is 2.28. The Bertz CT molecular complexity index is 943. The van der Waals surface area contributed by atoms with Gasteiger partial charge in [0, 0.05) is 25.1 Å². The molecule has 1 aliphatic heterocycles. The van der Waals surface area contributed by atoms with Gasteiger partial charge in [0.25, 0.3) is 11.8 Å². The zero-order chi connectivity index (χ0) is 21.7. The van der Waals surface area contributed by atoms with Crippen molar-refractivity contribution in [3.63, 3.8) is 0 Å². The highest BCUT2D eigenvalue weighted by Crippen LogP contribution is 2.19. The molecule has 158 valence electrons. The van der Waals surface area contributed by atoms with Crippen LogP contribution >= 0.6 is 0 Å². The van der Waals surface area contributed by atoms with Crippen LogP contribution in [0.5, 0.6) is 0 Å². The number of nitrogens with one attached hydrogen (secondary N) is 2. The van der Waals surface area contributed by atoms with Crippen molar-refractivity contribution in [3.8, 4) is 0 Å². The van der Waals surface area contributed by atoms with Crippen LogP contribution in [-0.4, -0.2) is 41.9 Å². The highest BCUT2D eigenvalue weighted by atomic mass is 19.4. The van der Waals surface area contributed by atoms with Crippen LogP contribution in [0.4, 0.5) is 18.9 Å². The second-order valence-electron chi connectivity index (χ2n) is 6.91. The number of nitrogens with zero attached hydrogens (tertiary/aromatic N) is 1. The molecule has 9 heteroatoms. The molecule has 0 atom stereocenters. The van der Waals surface area contributed by atoms with Crippen molar-refractivity contribution in [2.24, 2.45) is 0 Å². The van der Waals surface area contributed by atoms with Gasteiger partial charge in [-0.15, -0.1) is 0 Å². The van der Waals surface area contributed by atoms with Crippen molar-refractivity contribution in [1.29, 1.82) is 0 Å². The summed E-state index contributed by atoms with van der Waals surface area (Å²) in [5, 5.41) is 4.35. The fourth-order valence-electron chi connectivity index (χ4n) is 3.11. The fourth-order valence-corrected chi connectivity index (χ4v) is 3.11. The largest absolute Gasteiger partial charge is 0.405 e. The van der Waals surface area contributed by atoms with Gasteiger partial charge in [0.2, 0.25) is 5.91 Å². The lowest BCUT2D eigenvalue weighted by Gasteiger charge is -2.16. The van der Waals surface area contributed by atoms with Crippen LogP contribution in [0, 0.1) is 0 Å². The number of rotatable bonds is 6. The lowest BCUT2D eigenvalue weighted by atomic mass is 10.1. The minimum absolute atomic E-state index is 0.0701. The third-order valence-corrected chi connectivity index (χ3v) is 4.63. The maximum Gasteiger partial charge on any atom is 0.405 e. The summed E-state index contributed by atoms with van der Waals surface area (Å²) in [5.41, 5.74) is 1.24. The minimum atomic E-state index is -4.53. The minimum Gasteiger partial charge on any atom is -0.343 e. The van der Waals surface area contributed by atoms with Gasteiger partial charge < -0.3 is 15.5 Å². The number of para-hydroxylation sites is 1. The van der Waals surface area contributed by atoms with Gasteiger partial charge in [0.1, 0.15) is 6.54 Å². The first-order valence-corrected chi connectivity index (χ1v) is 9.35. The van der Waals surface area contributed by atoms with Gasteiger partial charge in [0.15, 0.2) is 0 Å². The average Bonchev–Trinajstić information content (AvgIpc) is 3.11. The molecule has 0 aliphatic carbocycles. The number of carbonyl (C=O) groups is 3. The molecule has 0 unspecified atom stereocenters. The number of hydrogen-bond acceptors (Lipinski definition) is 3. The average molecular weight is 419 g/mol. The zero-order valence-electron chi connectivity index (χ0n) is 16.0. The quantitative estimate of drug-likeness (QED) is 0.754. The summed E-state index contributed by atoms with van der Waals surface area (Å²) in [5.74, 6) is -1.33. The Morgan fingerprint density at radius 3 is 2.33 bits per heavy atom. The van der Waals surface area contributed by atoms with Crippen LogP contribution in [-0.2, 0) is 11.3 Å². The van der Waals surface area contributed by atoms with Gasteiger partial charge >= 0.3 is 6.18 Å². The van der Waals surface area contributed by atoms with Crippen molar-refractivity contribution in [2.45, 2.75) is 25.6 Å². The molecule has 0 radical (unpaired) electrons. The number of amides is 3. The Morgan fingerprint density at radius 2 is 1.70 bits per heavy atom. The number of hydrogen-bond donors (Lipinski definition) is 2. The molecular weight excluding hydrogens is 399 g/mol. The van der Waals surface area contributed by atoms with Crippen molar-refractivity contribution in [1.82, 2.24) is 10.2 Å². The second-order valence-corrected chi connectivity index (χ2v) is 6.91. The lowest BCUT2D eigenvalue weighted by molar-refractivity contribution is -0.128. The van der Waals surface area contributed by atoms with E-state index in [9.17, 15) is 27.6 Å². The van der Waals surface area contributed by atoms with Gasteiger partial charge in [-0.1, -0.05) is 24.3 Å². The molecule has 1 saturated heterocycles. The Balaban J connectivity index is 1.66. The van der Waals surface area contributed by atoms with Gasteiger partial charge in [0.05, 0.1) is 11.3 Å². The topological polar surface area (TPSA) is 78.5 Å². The van der Waals surface area contributed by atoms with E-state index in [0.29, 0.717) is 25.1 Å². The zero-order valence-corrected chi connectivity index (χ0v) is 16.0. The van der Waals surface area contributed by atoms with Crippen molar-refractivity contribution >= 4 is 23.4 Å². The molecular formula is C21H20F3N3O3. The lowest BCUT2D eigenvalue weighted by Crippen LogP contribution is -2.34. The van der Waals surface area contributed by atoms with Crippen molar-refractivity contribution < 1.29 is 27.6 Å². The van der Waals surface area contributed by atoms with Crippen LogP contribution in [0.1, 0.15) is 39.1 Å². The maximum atomic E-state index is 12.5. The molecule has 6 nitrogen and oxygen atoms in total. The van der Waals surface area contributed by atoms with E-state index < -0.39 is 24.5 Å². The molecule has 0 saturated carbocycles. The molecule has 0 bridgehead atoms. The van der Waals surface area contributed by atoms with Crippen molar-refractivity contribution in [2.75, 3.05) is 18.4 Å². The number of benzene rings is 2. The second kappa shape index (κ2) is 8.98. The standard InChI is InChI=1S/C21H20F3N3O3/c22-21(23,24)13-25-20(30)16-4-1-2-5-17(16)26-19(29)15-9-7-14(8-10-15)12-27-11-3-6-18(27)28/h1-2,4-5,7-10H,3,6,11-13H2,(H,25,30)(H,26,29). The SMILES string of the molecule is O=C(Nc1ccccc1C(=O)NCC(F)(F)F)c1ccc(CN2CCCC2=O)cc1. The Kier molecular flexibility index (Phi) is 6.39. The van der Waals surface area contributed by atoms with E-state index in [1.54, 1.807) is 40.5 Å². The van der Waals surface area contributed by atoms with Crippen molar-refractivity contribution in [3.05, 3.63) is 65.2 Å². The first-order valence-electron chi connectivity index (χ1n) is 9.35. The van der Waals surface area contributed by atoms with Crippen LogP contribution in [0.3, 0.4) is 0 Å². The van der Waals surface area contributed by atoms with Crippen LogP contribution in [0.15, 0.2) is 48.5 Å². The third-order valence-electron chi connectivity index (χ3n) is 4.63. The van der Waals surface area contributed by atoms with E-state index in [0.717, 1.165) is 12.0 Å². The first kappa shape index (κ1) is 21.4. The van der Waals surface area contributed by atoms with E-state index in [4.69, 9.17) is 0 Å². The van der Waals surface area contributed by atoms with Crippen LogP contribution in [0.25, 0.3) is 0 Å². The third kappa shape index (κ3) is 5.59. The van der Waals surface area contributed by atoms with E-state index in [1.807, 2.05) is 0 Å². The predicted molar refractivity (Wildman–Crippen MR) is 104 cm³/mol. The van der Waals surface area contributed by atoms with E-state index in [1.165, 1.54) is 18.2 Å². The van der Waals surface area contributed by atoms with E-state index in [-0.39, 0.29) is 17.2 Å². The van der Waals surface area contributed by atoms with Gasteiger partial charge in [-0.2, -0.15) is 13.2 Å². The predicted octanol–water partition coefficient (Wildman–Crippen LogP) is 3.35. The summed E-state index contributed by atoms with van der Waals surface area (Å²) < 4.78 is 37.0. The molecule has 2 aromatic carbocycles. The summed E-state index contributed by atoms with van der Waals surface area (Å²) in [4.78, 5) is 38.1. The first-order chi connectivity index (χ1) is 14.2. The Hall–Kier alpha value is -3.36. The molecule has 1 fully saturated rings. The fraction of sp³-hybridized carbons (Fsp3) is 0.286. The molecule has 2 N–H and O–H groups in total. The maximum absolute atomic E-state index is 12.5. The number of likely N-dealkylation sites (tertiary alicyclic amines) is 1. The molecule has 30 heavy (non-hydrogen) atoms. The number of carbonyl (C=O) groups excluding carboxylic acids is 3. The number of anilines is 1.